The minimum Gasteiger partial charge on any atom is -0.447 e. The lowest BCUT2D eigenvalue weighted by atomic mass is 10.2. The molecule has 0 fully saturated rings. The van der Waals surface area contributed by atoms with E-state index in [2.05, 4.69) is 4.98 Å². The van der Waals surface area contributed by atoms with Crippen LogP contribution in [-0.2, 0) is 11.4 Å². The van der Waals surface area contributed by atoms with Crippen LogP contribution in [0.3, 0.4) is 0 Å². The van der Waals surface area contributed by atoms with E-state index in [0.29, 0.717) is 17.9 Å². The van der Waals surface area contributed by atoms with Crippen LogP contribution in [0.5, 0.6) is 0 Å². The lowest BCUT2D eigenvalue weighted by Crippen LogP contribution is -2.22. The molecular weight excluding hydrogens is 220 g/mol. The van der Waals surface area contributed by atoms with Crippen LogP contribution in [0, 0.1) is 0 Å². The van der Waals surface area contributed by atoms with Crippen molar-refractivity contribution < 1.29 is 14.0 Å². The van der Waals surface area contributed by atoms with Crippen molar-refractivity contribution in [1.29, 1.82) is 0 Å². The molecule has 1 aromatic carbocycles. The van der Waals surface area contributed by atoms with Crippen LogP contribution in [-0.4, -0.2) is 23.1 Å². The summed E-state index contributed by atoms with van der Waals surface area (Å²) in [5.74, 6) is 0.237. The zero-order valence-corrected chi connectivity index (χ0v) is 9.37. The largest absolute Gasteiger partial charge is 0.447 e. The maximum atomic E-state index is 11.7. The van der Waals surface area contributed by atoms with E-state index in [9.17, 15) is 4.79 Å². The first-order valence-electron chi connectivity index (χ1n) is 5.11. The Labute approximate surface area is 98.6 Å². The van der Waals surface area contributed by atoms with Gasteiger partial charge in [0.1, 0.15) is 5.76 Å². The Balaban J connectivity index is 1.91. The first-order valence-corrected chi connectivity index (χ1v) is 5.11. The molecule has 5 nitrogen and oxygen atoms in total. The van der Waals surface area contributed by atoms with Crippen molar-refractivity contribution in [3.63, 3.8) is 0 Å². The molecule has 0 unspecified atom stereocenters. The topological polar surface area (TPSA) is 55.6 Å². The zero-order chi connectivity index (χ0) is 12.1. The molecule has 0 bridgehead atoms. The second-order valence-electron chi connectivity index (χ2n) is 3.50. The van der Waals surface area contributed by atoms with Gasteiger partial charge >= 0.3 is 5.97 Å². The van der Waals surface area contributed by atoms with Crippen LogP contribution < -0.4 is 0 Å². The standard InChI is InChI=1S/C12H12N2O3/c1-14(8-11-7-13-9-16-11)17-12(15)10-5-3-2-4-6-10/h2-7,9H,8H2,1H3. The van der Waals surface area contributed by atoms with E-state index < -0.39 is 5.97 Å². The highest BCUT2D eigenvalue weighted by molar-refractivity contribution is 5.89. The number of hydrogen-bond donors (Lipinski definition) is 0. The van der Waals surface area contributed by atoms with Crippen molar-refractivity contribution in [3.8, 4) is 0 Å². The van der Waals surface area contributed by atoms with E-state index in [-0.39, 0.29) is 0 Å². The summed E-state index contributed by atoms with van der Waals surface area (Å²) in [5, 5.41) is 1.40. The molecule has 0 spiro atoms. The minimum atomic E-state index is -0.396. The third kappa shape index (κ3) is 3.15. The van der Waals surface area contributed by atoms with E-state index in [1.807, 2.05) is 6.07 Å². The number of hydrogen-bond acceptors (Lipinski definition) is 5. The molecular formula is C12H12N2O3. The molecule has 17 heavy (non-hydrogen) atoms. The van der Waals surface area contributed by atoms with Gasteiger partial charge in [0.15, 0.2) is 6.39 Å². The van der Waals surface area contributed by atoms with Gasteiger partial charge in [0.2, 0.25) is 0 Å². The first kappa shape index (κ1) is 11.3. The van der Waals surface area contributed by atoms with Crippen molar-refractivity contribution in [2.45, 2.75) is 6.54 Å². The number of carbonyl (C=O) groups excluding carboxylic acids is 1. The third-order valence-electron chi connectivity index (χ3n) is 2.11. The molecule has 0 saturated carbocycles. The Morgan fingerprint density at radius 1 is 1.41 bits per heavy atom. The van der Waals surface area contributed by atoms with Gasteiger partial charge in [0.25, 0.3) is 0 Å². The summed E-state index contributed by atoms with van der Waals surface area (Å²) in [6, 6.07) is 8.81. The van der Waals surface area contributed by atoms with Gasteiger partial charge in [-0.3, -0.25) is 0 Å². The van der Waals surface area contributed by atoms with Crippen LogP contribution in [0.4, 0.5) is 0 Å². The van der Waals surface area contributed by atoms with Gasteiger partial charge in [-0.05, 0) is 12.1 Å². The van der Waals surface area contributed by atoms with Gasteiger partial charge in [-0.15, -0.1) is 5.06 Å². The Hall–Kier alpha value is -2.14. The lowest BCUT2D eigenvalue weighted by Gasteiger charge is -2.14. The Morgan fingerprint density at radius 2 is 2.18 bits per heavy atom. The molecule has 0 amide bonds. The van der Waals surface area contributed by atoms with Crippen LogP contribution in [0.25, 0.3) is 0 Å². The molecule has 0 aliphatic rings. The van der Waals surface area contributed by atoms with E-state index in [1.54, 1.807) is 37.5 Å². The normalized spacial score (nSPS) is 10.5. The molecule has 0 N–H and O–H groups in total. The molecule has 1 heterocycles. The van der Waals surface area contributed by atoms with Crippen LogP contribution in [0.15, 0.2) is 47.3 Å². The van der Waals surface area contributed by atoms with Crippen LogP contribution in [0.2, 0.25) is 0 Å². The van der Waals surface area contributed by atoms with Gasteiger partial charge < -0.3 is 9.25 Å². The number of aromatic nitrogens is 1. The van der Waals surface area contributed by atoms with E-state index in [1.165, 1.54) is 11.5 Å². The fourth-order valence-electron chi connectivity index (χ4n) is 1.34. The predicted molar refractivity (Wildman–Crippen MR) is 59.8 cm³/mol. The summed E-state index contributed by atoms with van der Waals surface area (Å²) in [4.78, 5) is 20.6. The maximum absolute atomic E-state index is 11.7. The number of nitrogens with zero attached hydrogens (tertiary/aromatic N) is 2. The number of oxazole rings is 1. The minimum absolute atomic E-state index is 0.360. The number of benzene rings is 1. The van der Waals surface area contributed by atoms with Gasteiger partial charge in [0, 0.05) is 7.05 Å². The van der Waals surface area contributed by atoms with Crippen molar-refractivity contribution in [2.75, 3.05) is 7.05 Å². The highest BCUT2D eigenvalue weighted by atomic mass is 16.7. The molecule has 2 rings (SSSR count). The fourth-order valence-corrected chi connectivity index (χ4v) is 1.34. The van der Waals surface area contributed by atoms with Gasteiger partial charge in [0.05, 0.1) is 18.3 Å². The van der Waals surface area contributed by atoms with Crippen molar-refractivity contribution >= 4 is 5.97 Å². The van der Waals surface area contributed by atoms with Gasteiger partial charge in [-0.25, -0.2) is 9.78 Å². The molecule has 0 aliphatic carbocycles. The fraction of sp³-hybridized carbons (Fsp3) is 0.167. The summed E-state index contributed by atoms with van der Waals surface area (Å²) in [6.45, 7) is 0.360. The van der Waals surface area contributed by atoms with Gasteiger partial charge in [-0.1, -0.05) is 18.2 Å². The molecule has 5 heteroatoms. The molecule has 88 valence electrons. The Kier molecular flexibility index (Phi) is 3.52. The lowest BCUT2D eigenvalue weighted by molar-refractivity contribution is -0.0996. The monoisotopic (exact) mass is 232 g/mol. The summed E-state index contributed by atoms with van der Waals surface area (Å²) >= 11 is 0. The molecule has 2 aromatic rings. The van der Waals surface area contributed by atoms with Crippen LogP contribution in [0.1, 0.15) is 16.1 Å². The maximum Gasteiger partial charge on any atom is 0.357 e. The second kappa shape index (κ2) is 5.27. The first-order chi connectivity index (χ1) is 8.25. The number of hydroxylamine groups is 2. The molecule has 0 atom stereocenters. The second-order valence-corrected chi connectivity index (χ2v) is 3.50. The van der Waals surface area contributed by atoms with Crippen molar-refractivity contribution in [3.05, 3.63) is 54.2 Å². The average Bonchev–Trinajstić information content (AvgIpc) is 2.82. The summed E-state index contributed by atoms with van der Waals surface area (Å²) in [6.07, 6.45) is 2.91. The molecule has 1 aromatic heterocycles. The molecule has 0 saturated heterocycles. The summed E-state index contributed by atoms with van der Waals surface area (Å²) in [5.41, 5.74) is 0.511. The molecule has 0 aliphatic heterocycles. The van der Waals surface area contributed by atoms with E-state index in [0.717, 1.165) is 0 Å². The predicted octanol–water partition coefficient (Wildman–Crippen LogP) is 1.88. The Bertz CT molecular complexity index is 468. The van der Waals surface area contributed by atoms with Crippen molar-refractivity contribution in [1.82, 2.24) is 10.0 Å². The van der Waals surface area contributed by atoms with Gasteiger partial charge in [-0.2, -0.15) is 0 Å². The van der Waals surface area contributed by atoms with E-state index >= 15 is 0 Å². The zero-order valence-electron chi connectivity index (χ0n) is 9.37. The quantitative estimate of drug-likeness (QED) is 0.753. The SMILES string of the molecule is CN(Cc1cnco1)OC(=O)c1ccccc1. The van der Waals surface area contributed by atoms with Crippen molar-refractivity contribution in [2.24, 2.45) is 0 Å². The number of rotatable bonds is 4. The molecule has 0 radical (unpaired) electrons. The Morgan fingerprint density at radius 3 is 2.82 bits per heavy atom. The number of carbonyl (C=O) groups is 1. The van der Waals surface area contributed by atoms with E-state index in [4.69, 9.17) is 9.25 Å². The average molecular weight is 232 g/mol. The third-order valence-corrected chi connectivity index (χ3v) is 2.11. The highest BCUT2D eigenvalue weighted by Gasteiger charge is 2.11. The highest BCUT2D eigenvalue weighted by Crippen LogP contribution is 2.06. The summed E-state index contributed by atoms with van der Waals surface area (Å²) < 4.78 is 5.05. The summed E-state index contributed by atoms with van der Waals surface area (Å²) in [7, 11) is 1.66. The van der Waals surface area contributed by atoms with Crippen LogP contribution >= 0.6 is 0 Å². The smallest absolute Gasteiger partial charge is 0.357 e.